The van der Waals surface area contributed by atoms with Crippen LogP contribution < -0.4 is 4.72 Å². The topological polar surface area (TPSA) is 98.1 Å². The Labute approximate surface area is 156 Å². The Balaban J connectivity index is 1.99. The van der Waals surface area contributed by atoms with Crippen LogP contribution in [0.25, 0.3) is 5.69 Å². The summed E-state index contributed by atoms with van der Waals surface area (Å²) >= 11 is 5.99. The fourth-order valence-corrected chi connectivity index (χ4v) is 4.14. The zero-order chi connectivity index (χ0) is 18.9. The second kappa shape index (κ2) is 6.75. The zero-order valence-electron chi connectivity index (χ0n) is 13.5. The van der Waals surface area contributed by atoms with Crippen LogP contribution in [0.15, 0.2) is 70.7 Å². The van der Waals surface area contributed by atoms with Crippen molar-refractivity contribution in [3.05, 3.63) is 65.9 Å². The van der Waals surface area contributed by atoms with Gasteiger partial charge in [-0.25, -0.2) is 21.5 Å². The largest absolute Gasteiger partial charge is 0.277 e. The number of benzene rings is 2. The first-order valence-electron chi connectivity index (χ1n) is 7.29. The summed E-state index contributed by atoms with van der Waals surface area (Å²) in [7, 11) is -7.36. The summed E-state index contributed by atoms with van der Waals surface area (Å²) in [4.78, 5) is -0.0345. The summed E-state index contributed by atoms with van der Waals surface area (Å²) < 4.78 is 52.3. The molecule has 136 valence electrons. The molecular weight excluding hydrogens is 398 g/mol. The van der Waals surface area contributed by atoms with Gasteiger partial charge in [0.2, 0.25) is 0 Å². The molecule has 3 rings (SSSR count). The van der Waals surface area contributed by atoms with Gasteiger partial charge in [0.25, 0.3) is 10.0 Å². The number of sulfone groups is 1. The molecule has 0 amide bonds. The Morgan fingerprint density at radius 1 is 1.00 bits per heavy atom. The molecule has 0 spiro atoms. The summed E-state index contributed by atoms with van der Waals surface area (Å²) in [5.74, 6) is 0. The predicted molar refractivity (Wildman–Crippen MR) is 98.9 cm³/mol. The number of sulfonamides is 1. The third kappa shape index (κ3) is 3.90. The maximum absolute atomic E-state index is 12.7. The molecule has 1 aromatic heterocycles. The minimum atomic E-state index is -3.95. The molecule has 10 heteroatoms. The molecule has 0 aliphatic carbocycles. The molecule has 26 heavy (non-hydrogen) atoms. The SMILES string of the molecule is CS(=O)(=O)c1ccc(S(=O)(=O)Nc2cc(Cl)ccc2-n2cccn2)cc1. The van der Waals surface area contributed by atoms with Crippen LogP contribution in [0.1, 0.15) is 0 Å². The number of hydrogen-bond acceptors (Lipinski definition) is 5. The number of anilines is 1. The van der Waals surface area contributed by atoms with Crippen LogP contribution in [0.5, 0.6) is 0 Å². The highest BCUT2D eigenvalue weighted by Gasteiger charge is 2.18. The number of nitrogens with zero attached hydrogens (tertiary/aromatic N) is 2. The van der Waals surface area contributed by atoms with E-state index in [0.717, 1.165) is 6.26 Å². The van der Waals surface area contributed by atoms with Gasteiger partial charge in [0.05, 0.1) is 21.2 Å². The Kier molecular flexibility index (Phi) is 4.78. The van der Waals surface area contributed by atoms with Crippen LogP contribution in [-0.2, 0) is 19.9 Å². The van der Waals surface area contributed by atoms with E-state index in [1.54, 1.807) is 30.6 Å². The molecule has 0 saturated heterocycles. The first-order valence-corrected chi connectivity index (χ1v) is 11.0. The van der Waals surface area contributed by atoms with Gasteiger partial charge in [-0.1, -0.05) is 11.6 Å². The fourth-order valence-electron chi connectivity index (χ4n) is 2.27. The van der Waals surface area contributed by atoms with Crippen LogP contribution in [0, 0.1) is 0 Å². The average Bonchev–Trinajstić information content (AvgIpc) is 3.08. The Bertz CT molecular complexity index is 1140. The second-order valence-electron chi connectivity index (χ2n) is 5.46. The van der Waals surface area contributed by atoms with Crippen molar-refractivity contribution in [2.24, 2.45) is 0 Å². The summed E-state index contributed by atoms with van der Waals surface area (Å²) in [6.45, 7) is 0. The number of aromatic nitrogens is 2. The Morgan fingerprint density at radius 2 is 1.65 bits per heavy atom. The van der Waals surface area contributed by atoms with E-state index in [9.17, 15) is 16.8 Å². The van der Waals surface area contributed by atoms with E-state index in [2.05, 4.69) is 9.82 Å². The summed E-state index contributed by atoms with van der Waals surface area (Å²) in [5.41, 5.74) is 0.740. The monoisotopic (exact) mass is 411 g/mol. The van der Waals surface area contributed by atoms with Crippen LogP contribution in [0.4, 0.5) is 5.69 Å². The minimum absolute atomic E-state index is 0.0384. The van der Waals surface area contributed by atoms with Gasteiger partial charge in [-0.05, 0) is 48.5 Å². The standard InChI is InChI=1S/C16H14ClN3O4S2/c1-25(21,22)13-4-6-14(7-5-13)26(23,24)19-15-11-12(17)3-8-16(15)20-10-2-9-18-20/h2-11,19H,1H3. The lowest BCUT2D eigenvalue weighted by molar-refractivity contribution is 0.597. The van der Waals surface area contributed by atoms with Crippen molar-refractivity contribution >= 4 is 37.1 Å². The van der Waals surface area contributed by atoms with Gasteiger partial charge in [0, 0.05) is 23.7 Å². The molecule has 1 heterocycles. The normalized spacial score (nSPS) is 12.1. The lowest BCUT2D eigenvalue weighted by atomic mass is 10.3. The third-order valence-corrected chi connectivity index (χ3v) is 6.26. The minimum Gasteiger partial charge on any atom is -0.277 e. The van der Waals surface area contributed by atoms with E-state index in [1.807, 2.05) is 0 Å². The van der Waals surface area contributed by atoms with E-state index < -0.39 is 19.9 Å². The summed E-state index contributed by atoms with van der Waals surface area (Å²) in [5, 5.41) is 4.44. The summed E-state index contributed by atoms with van der Waals surface area (Å²) in [6.07, 6.45) is 4.29. The van der Waals surface area contributed by atoms with Crippen molar-refractivity contribution in [2.75, 3.05) is 11.0 Å². The van der Waals surface area contributed by atoms with E-state index in [4.69, 9.17) is 11.6 Å². The van der Waals surface area contributed by atoms with E-state index in [-0.39, 0.29) is 15.5 Å². The molecule has 0 bridgehead atoms. The van der Waals surface area contributed by atoms with Crippen molar-refractivity contribution in [3.63, 3.8) is 0 Å². The van der Waals surface area contributed by atoms with E-state index in [1.165, 1.54) is 35.0 Å². The molecule has 7 nitrogen and oxygen atoms in total. The van der Waals surface area contributed by atoms with Crippen LogP contribution >= 0.6 is 11.6 Å². The van der Waals surface area contributed by atoms with Gasteiger partial charge < -0.3 is 0 Å². The first-order chi connectivity index (χ1) is 12.2. The average molecular weight is 412 g/mol. The maximum Gasteiger partial charge on any atom is 0.261 e. The van der Waals surface area contributed by atoms with Crippen molar-refractivity contribution in [3.8, 4) is 5.69 Å². The highest BCUT2D eigenvalue weighted by atomic mass is 35.5. The van der Waals surface area contributed by atoms with E-state index >= 15 is 0 Å². The van der Waals surface area contributed by atoms with Crippen molar-refractivity contribution in [1.82, 2.24) is 9.78 Å². The first kappa shape index (κ1) is 18.4. The molecule has 2 aromatic carbocycles. The van der Waals surface area contributed by atoms with Crippen LogP contribution in [0.2, 0.25) is 5.02 Å². The fraction of sp³-hybridized carbons (Fsp3) is 0.0625. The Morgan fingerprint density at radius 3 is 2.23 bits per heavy atom. The molecule has 0 radical (unpaired) electrons. The van der Waals surface area contributed by atoms with Crippen molar-refractivity contribution in [2.45, 2.75) is 9.79 Å². The second-order valence-corrected chi connectivity index (χ2v) is 9.60. The molecule has 3 aromatic rings. The molecule has 1 N–H and O–H groups in total. The molecule has 0 aliphatic rings. The van der Waals surface area contributed by atoms with Gasteiger partial charge >= 0.3 is 0 Å². The quantitative estimate of drug-likeness (QED) is 0.696. The smallest absolute Gasteiger partial charge is 0.261 e. The highest BCUT2D eigenvalue weighted by molar-refractivity contribution is 7.92. The van der Waals surface area contributed by atoms with Gasteiger partial charge in [-0.2, -0.15) is 5.10 Å². The van der Waals surface area contributed by atoms with Gasteiger partial charge in [0.15, 0.2) is 9.84 Å². The van der Waals surface area contributed by atoms with Crippen molar-refractivity contribution in [1.29, 1.82) is 0 Å². The third-order valence-electron chi connectivity index (χ3n) is 3.52. The van der Waals surface area contributed by atoms with Gasteiger partial charge in [-0.3, -0.25) is 4.72 Å². The van der Waals surface area contributed by atoms with Crippen LogP contribution in [0.3, 0.4) is 0 Å². The molecule has 0 fully saturated rings. The maximum atomic E-state index is 12.7. The Hall–Kier alpha value is -2.36. The number of nitrogens with one attached hydrogen (secondary N) is 1. The van der Waals surface area contributed by atoms with Crippen molar-refractivity contribution < 1.29 is 16.8 Å². The molecule has 0 unspecified atom stereocenters. The molecule has 0 saturated carbocycles. The zero-order valence-corrected chi connectivity index (χ0v) is 15.9. The lowest BCUT2D eigenvalue weighted by Crippen LogP contribution is -2.15. The summed E-state index contributed by atoms with van der Waals surface area (Å²) in [6, 6.07) is 11.4. The van der Waals surface area contributed by atoms with Gasteiger partial charge in [0.1, 0.15) is 0 Å². The molecule has 0 atom stereocenters. The lowest BCUT2D eigenvalue weighted by Gasteiger charge is -2.13. The van der Waals surface area contributed by atoms with Gasteiger partial charge in [-0.15, -0.1) is 0 Å². The van der Waals surface area contributed by atoms with Crippen LogP contribution in [-0.4, -0.2) is 32.9 Å². The predicted octanol–water partition coefficient (Wildman–Crippen LogP) is 2.73. The number of rotatable bonds is 5. The van der Waals surface area contributed by atoms with E-state index in [0.29, 0.717) is 10.7 Å². The molecular formula is C16H14ClN3O4S2. The number of hydrogen-bond donors (Lipinski definition) is 1. The highest BCUT2D eigenvalue weighted by Crippen LogP contribution is 2.27. The molecule has 0 aliphatic heterocycles. The number of halogens is 1.